The normalized spacial score (nSPS) is 11.8. The molecule has 0 unspecified atom stereocenters. The van der Waals surface area contributed by atoms with Gasteiger partial charge in [-0.1, -0.05) is 101 Å². The van der Waals surface area contributed by atoms with E-state index in [1.807, 2.05) is 132 Å². The number of aliphatic hydroxyl groups excluding tert-OH is 3. The molecular formula is C126H145Ge3Ir3N4O7-3. The second-order valence-corrected chi connectivity index (χ2v) is 71.5. The number of ketones is 3. The summed E-state index contributed by atoms with van der Waals surface area (Å²) in [6.45, 7) is 24.2. The van der Waals surface area contributed by atoms with E-state index < -0.39 is 39.8 Å². The van der Waals surface area contributed by atoms with Crippen LogP contribution >= 0.6 is 0 Å². The number of allylic oxidation sites excluding steroid dienone is 6. The minimum Gasteiger partial charge on any atom is 0 e. The van der Waals surface area contributed by atoms with Crippen molar-refractivity contribution in [2.45, 2.75) is 212 Å². The Kier molecular flexibility index (Phi) is 46.9. The molecule has 0 aliphatic rings. The Labute approximate surface area is 900 Å². The average Bonchev–Trinajstić information content (AvgIpc) is 1.46. The zero-order valence-electron chi connectivity index (χ0n) is 87.5. The first kappa shape index (κ1) is 118. The van der Waals surface area contributed by atoms with E-state index >= 15 is 0 Å². The monoisotopic (exact) mass is 2630 g/mol. The largest absolute Gasteiger partial charge is 0 e. The van der Waals surface area contributed by atoms with Crippen molar-refractivity contribution in [3.8, 4) is 78.6 Å². The molecule has 143 heavy (non-hydrogen) atoms. The molecular weight excluding hydrogens is 2480 g/mol. The number of hydrogen-bond donors (Lipinski definition) is 3. The quantitative estimate of drug-likeness (QED) is 0.0163. The van der Waals surface area contributed by atoms with E-state index in [9.17, 15) is 29.7 Å². The van der Waals surface area contributed by atoms with Gasteiger partial charge in [-0.15, -0.1) is 0 Å². The van der Waals surface area contributed by atoms with Gasteiger partial charge in [-0.25, -0.2) is 0 Å². The molecule has 0 atom stereocenters. The molecule has 0 aliphatic carbocycles. The molecule has 4 aromatic heterocycles. The molecule has 0 saturated carbocycles. The van der Waals surface area contributed by atoms with Gasteiger partial charge in [0.25, 0.3) is 0 Å². The number of nitrogens with zero attached hydrogens (tertiary/aromatic N) is 4. The van der Waals surface area contributed by atoms with Gasteiger partial charge in [0, 0.05) is 114 Å². The van der Waals surface area contributed by atoms with E-state index in [0.717, 1.165) is 144 Å². The molecule has 3 N–H and O–H groups in total. The molecule has 0 amide bonds. The molecule has 11 nitrogen and oxygen atoms in total. The summed E-state index contributed by atoms with van der Waals surface area (Å²) in [4.78, 5) is 55.2. The summed E-state index contributed by atoms with van der Waals surface area (Å²) >= 11 is -5.90. The van der Waals surface area contributed by atoms with Gasteiger partial charge in [0.2, 0.25) is 0 Å². The summed E-state index contributed by atoms with van der Waals surface area (Å²) in [5, 5.41) is 37.8. The summed E-state index contributed by atoms with van der Waals surface area (Å²) in [5.74, 6) is 24.2. The maximum absolute atomic E-state index is 11.7. The van der Waals surface area contributed by atoms with Gasteiger partial charge in [-0.05, 0) is 77.0 Å². The number of pyridine rings is 3. The van der Waals surface area contributed by atoms with E-state index in [4.69, 9.17) is 24.4 Å². The first-order chi connectivity index (χ1) is 67.3. The number of rotatable bonds is 31. The summed E-state index contributed by atoms with van der Waals surface area (Å²) in [6, 6.07) is 108. The van der Waals surface area contributed by atoms with Crippen molar-refractivity contribution < 1.29 is 94.4 Å². The fraction of sp³-hybridized carbons (Fsp3) is 0.310. The number of hydrogen-bond acceptors (Lipinski definition) is 11. The second kappa shape index (κ2) is 56.7. The second-order valence-electron chi connectivity index (χ2n) is 39.6. The number of fused-ring (bicyclic) bond motifs is 6. The van der Waals surface area contributed by atoms with Crippen LogP contribution in [-0.4, -0.2) is 92.4 Å². The van der Waals surface area contributed by atoms with Gasteiger partial charge in [0.15, 0.2) is 17.3 Å². The van der Waals surface area contributed by atoms with Gasteiger partial charge in [-0.3, -0.25) is 14.4 Å². The number of oxazole rings is 1. The molecule has 0 aliphatic heterocycles. The van der Waals surface area contributed by atoms with E-state index in [1.54, 1.807) is 0 Å². The number of carbonyl (C=O) groups excluding carboxylic acids is 3. The van der Waals surface area contributed by atoms with Crippen LogP contribution in [0.15, 0.2) is 319 Å². The molecule has 4 heterocycles. The molecule has 16 aromatic rings. The Morgan fingerprint density at radius 3 is 0.979 bits per heavy atom. The predicted molar refractivity (Wildman–Crippen MR) is 603 cm³/mol. The molecule has 16 rings (SSSR count). The van der Waals surface area contributed by atoms with Gasteiger partial charge in [-0.2, -0.15) is 0 Å². The summed E-state index contributed by atoms with van der Waals surface area (Å²) in [7, 11) is 0. The van der Waals surface area contributed by atoms with Crippen LogP contribution in [-0.2, 0) is 74.7 Å². The summed E-state index contributed by atoms with van der Waals surface area (Å²) in [5.41, 5.74) is 18.6. The van der Waals surface area contributed by atoms with Gasteiger partial charge < -0.3 is 15.3 Å². The first-order valence-corrected chi connectivity index (χ1v) is 72.8. The van der Waals surface area contributed by atoms with Crippen molar-refractivity contribution in [3.05, 3.63) is 333 Å². The molecule has 17 heteroatoms. The van der Waals surface area contributed by atoms with E-state index in [2.05, 4.69) is 301 Å². The van der Waals surface area contributed by atoms with E-state index in [0.29, 0.717) is 5.89 Å². The van der Waals surface area contributed by atoms with Gasteiger partial charge >= 0.3 is 552 Å². The van der Waals surface area contributed by atoms with Gasteiger partial charge in [0.1, 0.15) is 0 Å². The Bertz CT molecular complexity index is 6800. The molecule has 3 radical (unpaired) electrons. The van der Waals surface area contributed by atoms with Crippen molar-refractivity contribution in [2.75, 3.05) is 0 Å². The standard InChI is InChI=1S/C31H25GeN2O.2C28H24GeN.3C13H24O2.3Ir/c1-32(2,3)23-17-18-27-26(19-23)25(21-11-6-4-7-12-21)20-28(33-27)24-15-10-16-29-30(24)34-31(35-29)22-13-8-5-9-14-22;1-29(2,3)22-16-17-27-26(18-22)25(21-10-5-4-6-11-21)19-28(30-27)24-15-9-13-20-12-7-8-14-23(20)24;1-29(2,3)24-15-16-27-26(18-24)25(21-10-5-4-6-11-21)19-28(30-27)23-14-13-20-9-7-8-12-22(20)17-23;3*1-5-10(6-2)12(14)9-13(15)11(7-3)8-4;;;/h4-14,16-20H,1-3H3;4-14,16-19H,1-3H3;4-13,15-19H,1-3H3;3*9-11,14H,5-8H2,1-4H3;;;/q3*-1;;;;;;. The zero-order chi connectivity index (χ0) is 101. The smallest absolute Gasteiger partial charge is 0 e. The van der Waals surface area contributed by atoms with Crippen LogP contribution in [0.25, 0.3) is 144 Å². The van der Waals surface area contributed by atoms with Crippen LogP contribution in [0.5, 0.6) is 0 Å². The molecule has 0 fully saturated rings. The third kappa shape index (κ3) is 31.6. The van der Waals surface area contributed by atoms with Crippen molar-refractivity contribution in [3.63, 3.8) is 0 Å². The van der Waals surface area contributed by atoms with Gasteiger partial charge in [0.05, 0.1) is 17.3 Å². The van der Waals surface area contributed by atoms with Crippen LogP contribution in [0, 0.1) is 53.7 Å². The van der Waals surface area contributed by atoms with Crippen molar-refractivity contribution >= 4 is 136 Å². The Morgan fingerprint density at radius 1 is 0.308 bits per heavy atom. The summed E-state index contributed by atoms with van der Waals surface area (Å²) in [6.07, 6.45) is 14.7. The van der Waals surface area contributed by atoms with Crippen molar-refractivity contribution in [1.29, 1.82) is 0 Å². The van der Waals surface area contributed by atoms with Crippen LogP contribution < -0.4 is 13.2 Å². The fourth-order valence-corrected chi connectivity index (χ4v) is 25.1. The minimum absolute atomic E-state index is 0. The van der Waals surface area contributed by atoms with Crippen LogP contribution in [0.2, 0.25) is 51.8 Å². The third-order valence-electron chi connectivity index (χ3n) is 27.1. The minimum atomic E-state index is -2.01. The number of aliphatic hydroxyl groups is 3. The maximum atomic E-state index is 11.7. The van der Waals surface area contributed by atoms with Crippen molar-refractivity contribution in [1.82, 2.24) is 19.9 Å². The topological polar surface area (TPSA) is 177 Å². The molecule has 0 spiro atoms. The van der Waals surface area contributed by atoms with Crippen LogP contribution in [0.1, 0.15) is 160 Å². The Balaban J connectivity index is 0.000000217. The van der Waals surface area contributed by atoms with E-state index in [-0.39, 0.29) is 130 Å². The fourth-order valence-electron chi connectivity index (χ4n) is 17.8. The van der Waals surface area contributed by atoms with E-state index in [1.165, 1.54) is 103 Å². The molecule has 753 valence electrons. The molecule has 0 saturated heterocycles. The maximum Gasteiger partial charge on any atom is 0 e. The Morgan fingerprint density at radius 2 is 0.615 bits per heavy atom. The number of aromatic nitrogens is 4. The Hall–Kier alpha value is -9.93. The summed E-state index contributed by atoms with van der Waals surface area (Å²) < 4.78 is 10.6. The number of carbonyl (C=O) groups is 3. The van der Waals surface area contributed by atoms with Crippen LogP contribution in [0.4, 0.5) is 0 Å². The third-order valence-corrected chi connectivity index (χ3v) is 39.9. The zero-order valence-corrected chi connectivity index (χ0v) is 101. The first-order valence-electron chi connectivity index (χ1n) is 50.8. The van der Waals surface area contributed by atoms with Crippen molar-refractivity contribution in [2.24, 2.45) is 35.5 Å². The molecule has 0 bridgehead atoms. The van der Waals surface area contributed by atoms with Crippen LogP contribution in [0.3, 0.4) is 0 Å². The average molecular weight is 2620 g/mol. The SMILES string of the molecule is CCC(CC)C(=O)C=C(O)C(CC)CC.CCC(CC)C(=O)C=C(O)C(CC)CC.CCC(CC)C(=O)C=C(O)C(CC)CC.[CH3][Ge]([CH3])([CH3])[c]1ccc2nc(-c3[c-]cc4ccccc4c3)cc(-c3ccccc3)c2c1.[CH3][Ge]([CH3])([CH3])[c]1ccc2nc(-c3[c-]ccc4ccccc34)cc(-c3ccccc3)c2c1.[CH3][Ge]([CH3])([CH3])[c]1ccc2nc(-c3[c-]ccc4oc(-c5ccccc5)nc34)cc(-c3ccccc3)c2c1.[Ir].[Ir].[Ir]. The molecule has 12 aromatic carbocycles. The predicted octanol–water partition coefficient (Wildman–Crippen LogP) is 33.5. The number of benzene rings is 12.